The third-order valence-electron chi connectivity index (χ3n) is 4.75. The Balaban J connectivity index is 2.13. The number of Topliss-reactive ketones (excluding diaryl/α,β-unsaturated/α-hetero) is 1. The Morgan fingerprint density at radius 3 is 2.48 bits per heavy atom. The number of nitriles is 1. The van der Waals surface area contributed by atoms with Crippen LogP contribution in [0.1, 0.15) is 36.1 Å². The first kappa shape index (κ1) is 17.8. The molecular weight excluding hydrogens is 356 g/mol. The Labute approximate surface area is 151 Å². The molecule has 1 atom stereocenters. The highest BCUT2D eigenvalue weighted by molar-refractivity contribution is 7.91. The quantitative estimate of drug-likeness (QED) is 0.823. The van der Waals surface area contributed by atoms with Crippen LogP contribution in [0.3, 0.4) is 0 Å². The van der Waals surface area contributed by atoms with E-state index in [1.807, 2.05) is 36.4 Å². The summed E-state index contributed by atoms with van der Waals surface area (Å²) >= 11 is 0.925. The maximum absolute atomic E-state index is 13.2. The van der Waals surface area contributed by atoms with E-state index in [2.05, 4.69) is 0 Å². The van der Waals surface area contributed by atoms with Crippen LogP contribution in [-0.4, -0.2) is 25.6 Å². The minimum atomic E-state index is -3.89. The molecule has 0 radical (unpaired) electrons. The number of hydrogen-bond acceptors (Lipinski definition) is 5. The molecule has 1 fully saturated rings. The van der Waals surface area contributed by atoms with Crippen molar-refractivity contribution < 1.29 is 13.2 Å². The number of ketones is 1. The summed E-state index contributed by atoms with van der Waals surface area (Å²) in [4.78, 5) is 13.3. The van der Waals surface area contributed by atoms with Crippen LogP contribution >= 0.6 is 11.3 Å². The van der Waals surface area contributed by atoms with Gasteiger partial charge in [-0.1, -0.05) is 36.8 Å². The lowest BCUT2D eigenvalue weighted by Gasteiger charge is -2.42. The molecule has 1 heterocycles. The van der Waals surface area contributed by atoms with Crippen molar-refractivity contribution in [2.45, 2.75) is 35.4 Å². The van der Waals surface area contributed by atoms with Gasteiger partial charge in [0, 0.05) is 13.5 Å². The SMILES string of the molecule is CN(C1(c2ccccc2)CCCCC1=O)S(=O)(=O)c1ccc(C#N)s1. The van der Waals surface area contributed by atoms with Gasteiger partial charge in [0.05, 0.1) is 0 Å². The Hall–Kier alpha value is -2.01. The minimum Gasteiger partial charge on any atom is -0.297 e. The highest BCUT2D eigenvalue weighted by atomic mass is 32.2. The van der Waals surface area contributed by atoms with Gasteiger partial charge in [-0.15, -0.1) is 11.3 Å². The largest absolute Gasteiger partial charge is 0.297 e. The normalized spacial score (nSPS) is 21.2. The summed E-state index contributed by atoms with van der Waals surface area (Å²) in [7, 11) is -2.42. The van der Waals surface area contributed by atoms with Crippen LogP contribution in [-0.2, 0) is 20.4 Å². The zero-order chi connectivity index (χ0) is 18.1. The van der Waals surface area contributed by atoms with Crippen LogP contribution < -0.4 is 0 Å². The molecule has 5 nitrogen and oxygen atoms in total. The molecule has 0 spiro atoms. The number of nitrogens with zero attached hydrogens (tertiary/aromatic N) is 2. The van der Waals surface area contributed by atoms with Gasteiger partial charge < -0.3 is 0 Å². The predicted octanol–water partition coefficient (Wildman–Crippen LogP) is 3.28. The van der Waals surface area contributed by atoms with Gasteiger partial charge in [0.15, 0.2) is 5.78 Å². The van der Waals surface area contributed by atoms with Crippen LogP contribution in [0.25, 0.3) is 0 Å². The molecule has 3 rings (SSSR count). The summed E-state index contributed by atoms with van der Waals surface area (Å²) in [6, 6.07) is 14.0. The van der Waals surface area contributed by atoms with Gasteiger partial charge in [-0.05, 0) is 30.5 Å². The van der Waals surface area contributed by atoms with Gasteiger partial charge in [-0.25, -0.2) is 8.42 Å². The van der Waals surface area contributed by atoms with E-state index in [1.54, 1.807) is 0 Å². The fraction of sp³-hybridized carbons (Fsp3) is 0.333. The summed E-state index contributed by atoms with van der Waals surface area (Å²) in [5.74, 6) is -0.0758. The van der Waals surface area contributed by atoms with Gasteiger partial charge in [-0.3, -0.25) is 4.79 Å². The Morgan fingerprint density at radius 1 is 1.16 bits per heavy atom. The molecular formula is C18H18N2O3S2. The van der Waals surface area contributed by atoms with Crippen molar-refractivity contribution in [1.29, 1.82) is 5.26 Å². The zero-order valence-electron chi connectivity index (χ0n) is 13.8. The second kappa shape index (κ2) is 6.71. The smallest absolute Gasteiger partial charge is 0.253 e. The van der Waals surface area contributed by atoms with Crippen LogP contribution in [0.2, 0.25) is 0 Å². The van der Waals surface area contributed by atoms with E-state index in [4.69, 9.17) is 5.26 Å². The van der Waals surface area contributed by atoms with Gasteiger partial charge in [-0.2, -0.15) is 9.57 Å². The van der Waals surface area contributed by atoms with Crippen molar-refractivity contribution in [3.05, 3.63) is 52.9 Å². The van der Waals surface area contributed by atoms with Crippen LogP contribution in [0, 0.1) is 11.3 Å². The highest BCUT2D eigenvalue weighted by Gasteiger charge is 2.49. The lowest BCUT2D eigenvalue weighted by Crippen LogP contribution is -2.53. The number of thiophene rings is 1. The average molecular weight is 374 g/mol. The second-order valence-corrected chi connectivity index (χ2v) is 9.34. The Bertz CT molecular complexity index is 929. The van der Waals surface area contributed by atoms with Crippen LogP contribution in [0.5, 0.6) is 0 Å². The summed E-state index contributed by atoms with van der Waals surface area (Å²) in [6.07, 6.45) is 2.39. The minimum absolute atomic E-state index is 0.0758. The second-order valence-electron chi connectivity index (χ2n) is 6.06. The van der Waals surface area contributed by atoms with Gasteiger partial charge in [0.1, 0.15) is 20.7 Å². The lowest BCUT2D eigenvalue weighted by molar-refractivity contribution is -0.131. The molecule has 0 amide bonds. The first-order chi connectivity index (χ1) is 11.9. The molecule has 25 heavy (non-hydrogen) atoms. The molecule has 130 valence electrons. The topological polar surface area (TPSA) is 78.2 Å². The van der Waals surface area contributed by atoms with Gasteiger partial charge in [0.25, 0.3) is 10.0 Å². The third-order valence-corrected chi connectivity index (χ3v) is 8.09. The summed E-state index contributed by atoms with van der Waals surface area (Å²) in [5.41, 5.74) is -0.488. The number of hydrogen-bond donors (Lipinski definition) is 0. The number of carbonyl (C=O) groups excluding carboxylic acids is 1. The third kappa shape index (κ3) is 2.91. The summed E-state index contributed by atoms with van der Waals surface area (Å²) in [6.45, 7) is 0. The molecule has 0 N–H and O–H groups in total. The van der Waals surface area contributed by atoms with Crippen LogP contribution in [0.15, 0.2) is 46.7 Å². The molecule has 1 aromatic carbocycles. The number of likely N-dealkylation sites (N-methyl/N-ethyl adjacent to an activating group) is 1. The van der Waals surface area contributed by atoms with Gasteiger partial charge in [0.2, 0.25) is 0 Å². The van der Waals surface area contributed by atoms with E-state index < -0.39 is 15.6 Å². The van der Waals surface area contributed by atoms with Gasteiger partial charge >= 0.3 is 0 Å². The molecule has 2 aromatic rings. The van der Waals surface area contributed by atoms with E-state index in [9.17, 15) is 13.2 Å². The number of carbonyl (C=O) groups is 1. The average Bonchev–Trinajstić information content (AvgIpc) is 3.12. The molecule has 0 bridgehead atoms. The van der Waals surface area contributed by atoms with E-state index in [1.165, 1.54) is 23.5 Å². The fourth-order valence-electron chi connectivity index (χ4n) is 3.41. The first-order valence-corrected chi connectivity index (χ1v) is 10.3. The van der Waals surface area contributed by atoms with Crippen molar-refractivity contribution in [1.82, 2.24) is 4.31 Å². The number of sulfonamides is 1. The molecule has 1 unspecified atom stereocenters. The zero-order valence-corrected chi connectivity index (χ0v) is 15.4. The Kier molecular flexibility index (Phi) is 4.78. The summed E-state index contributed by atoms with van der Waals surface area (Å²) in [5, 5.41) is 8.97. The standard InChI is InChI=1S/C18H18N2O3S2/c1-20(25(22,23)17-11-10-15(13-19)24-17)18(12-6-5-9-16(18)21)14-7-3-2-4-8-14/h2-4,7-8,10-11H,5-6,9,12H2,1H3. The molecule has 1 saturated carbocycles. The molecule has 7 heteroatoms. The molecule has 1 aliphatic rings. The van der Waals surface area contributed by atoms with E-state index in [0.29, 0.717) is 23.3 Å². The maximum atomic E-state index is 13.2. The summed E-state index contributed by atoms with van der Waals surface area (Å²) < 4.78 is 27.6. The van der Waals surface area contributed by atoms with E-state index in [0.717, 1.165) is 24.2 Å². The molecule has 1 aliphatic carbocycles. The monoisotopic (exact) mass is 374 g/mol. The van der Waals surface area contributed by atoms with Crippen molar-refractivity contribution in [3.63, 3.8) is 0 Å². The van der Waals surface area contributed by atoms with Crippen LogP contribution in [0.4, 0.5) is 0 Å². The van der Waals surface area contributed by atoms with Crippen molar-refractivity contribution in [3.8, 4) is 6.07 Å². The highest BCUT2D eigenvalue weighted by Crippen LogP contribution is 2.42. The molecule has 0 saturated heterocycles. The molecule has 0 aliphatic heterocycles. The fourth-order valence-corrected chi connectivity index (χ4v) is 6.18. The van der Waals surface area contributed by atoms with Crippen molar-refractivity contribution in [2.75, 3.05) is 7.05 Å². The van der Waals surface area contributed by atoms with E-state index >= 15 is 0 Å². The van der Waals surface area contributed by atoms with E-state index in [-0.39, 0.29) is 9.99 Å². The lowest BCUT2D eigenvalue weighted by atomic mass is 9.75. The number of benzene rings is 1. The predicted molar refractivity (Wildman–Crippen MR) is 95.6 cm³/mol. The molecule has 1 aromatic heterocycles. The van der Waals surface area contributed by atoms with Crippen molar-refractivity contribution in [2.24, 2.45) is 0 Å². The Morgan fingerprint density at radius 2 is 1.88 bits per heavy atom. The number of rotatable bonds is 4. The maximum Gasteiger partial charge on any atom is 0.253 e. The van der Waals surface area contributed by atoms with Crippen molar-refractivity contribution >= 4 is 27.1 Å². The first-order valence-electron chi connectivity index (χ1n) is 8.01.